The average Bonchev–Trinajstić information content (AvgIpc) is 3.02. The maximum absolute atomic E-state index is 14.1. The van der Waals surface area contributed by atoms with E-state index in [0.717, 1.165) is 6.07 Å². The molecule has 0 unspecified atom stereocenters. The topological polar surface area (TPSA) is 95.9 Å². The van der Waals surface area contributed by atoms with Gasteiger partial charge in [0.15, 0.2) is 0 Å². The van der Waals surface area contributed by atoms with Crippen molar-refractivity contribution in [1.29, 1.82) is 0 Å². The highest BCUT2D eigenvalue weighted by Gasteiger charge is 2.34. The standard InChI is InChI=1S/C17H17FN2O5/c18-13-6-5-10(20-7-8-25-17(20)24)9-14(13)19-15(21)11-3-1-2-4-12(11)16(22)23/h1-2,5-6,9,11-12H,3-4,7-8H2,(H,19,21)(H,22,23)/t11-,12+/m1/s1. The number of allylic oxidation sites excluding steroid dienone is 2. The van der Waals surface area contributed by atoms with E-state index in [4.69, 9.17) is 4.74 Å². The number of nitrogens with one attached hydrogen (secondary N) is 1. The first-order chi connectivity index (χ1) is 12.0. The van der Waals surface area contributed by atoms with Gasteiger partial charge in [-0.15, -0.1) is 0 Å². The Morgan fingerprint density at radius 3 is 2.60 bits per heavy atom. The lowest BCUT2D eigenvalue weighted by molar-refractivity contribution is -0.146. The Labute approximate surface area is 143 Å². The smallest absolute Gasteiger partial charge is 0.414 e. The number of hydrogen-bond acceptors (Lipinski definition) is 4. The van der Waals surface area contributed by atoms with Crippen molar-refractivity contribution in [3.63, 3.8) is 0 Å². The minimum atomic E-state index is -1.06. The second-order valence-corrected chi connectivity index (χ2v) is 5.91. The lowest BCUT2D eigenvalue weighted by atomic mass is 9.82. The Kier molecular flexibility index (Phi) is 4.69. The Morgan fingerprint density at radius 2 is 1.96 bits per heavy atom. The van der Waals surface area contributed by atoms with E-state index in [1.807, 2.05) is 0 Å². The summed E-state index contributed by atoms with van der Waals surface area (Å²) in [5.41, 5.74) is 0.304. The molecule has 1 heterocycles. The number of ether oxygens (including phenoxy) is 1. The summed E-state index contributed by atoms with van der Waals surface area (Å²) in [4.78, 5) is 36.7. The van der Waals surface area contributed by atoms with Gasteiger partial charge in [-0.25, -0.2) is 9.18 Å². The zero-order valence-corrected chi connectivity index (χ0v) is 13.3. The normalized spacial score (nSPS) is 22.6. The number of amides is 2. The molecule has 1 aliphatic heterocycles. The molecule has 0 bridgehead atoms. The number of benzene rings is 1. The highest BCUT2D eigenvalue weighted by Crippen LogP contribution is 2.29. The molecule has 1 aliphatic carbocycles. The minimum absolute atomic E-state index is 0.0964. The molecule has 25 heavy (non-hydrogen) atoms. The molecule has 0 spiro atoms. The molecule has 2 aliphatic rings. The molecule has 7 nitrogen and oxygen atoms in total. The number of carboxylic acid groups (broad SMARTS) is 1. The van der Waals surface area contributed by atoms with Crippen molar-refractivity contribution in [2.45, 2.75) is 12.8 Å². The zero-order chi connectivity index (χ0) is 18.0. The number of carbonyl (C=O) groups excluding carboxylic acids is 2. The Balaban J connectivity index is 1.79. The minimum Gasteiger partial charge on any atom is -0.481 e. The predicted octanol–water partition coefficient (Wildman–Crippen LogP) is 2.39. The first-order valence-corrected chi connectivity index (χ1v) is 7.90. The first kappa shape index (κ1) is 16.9. The molecule has 0 aromatic heterocycles. The van der Waals surface area contributed by atoms with Gasteiger partial charge in [0.2, 0.25) is 5.91 Å². The molecule has 0 radical (unpaired) electrons. The largest absolute Gasteiger partial charge is 0.481 e. The lowest BCUT2D eigenvalue weighted by Gasteiger charge is -2.24. The number of hydrogen-bond donors (Lipinski definition) is 2. The van der Waals surface area contributed by atoms with E-state index in [2.05, 4.69) is 5.32 Å². The molecular weight excluding hydrogens is 331 g/mol. The summed E-state index contributed by atoms with van der Waals surface area (Å²) in [5, 5.41) is 11.7. The van der Waals surface area contributed by atoms with E-state index in [0.29, 0.717) is 12.2 Å². The zero-order valence-electron chi connectivity index (χ0n) is 13.3. The molecule has 2 atom stereocenters. The van der Waals surface area contributed by atoms with Crippen LogP contribution in [0.2, 0.25) is 0 Å². The molecule has 1 aromatic rings. The third-order valence-electron chi connectivity index (χ3n) is 4.37. The van der Waals surface area contributed by atoms with E-state index >= 15 is 0 Å². The van der Waals surface area contributed by atoms with Crippen molar-refractivity contribution in [1.82, 2.24) is 0 Å². The fourth-order valence-corrected chi connectivity index (χ4v) is 3.01. The molecule has 8 heteroatoms. The SMILES string of the molecule is O=C(O)[C@H]1CC=CC[C@H]1C(=O)Nc1cc(N2CCOC2=O)ccc1F. The third kappa shape index (κ3) is 3.47. The number of anilines is 2. The van der Waals surface area contributed by atoms with Crippen LogP contribution in [-0.4, -0.2) is 36.2 Å². The van der Waals surface area contributed by atoms with Crippen molar-refractivity contribution in [3.05, 3.63) is 36.2 Å². The number of cyclic esters (lactones) is 1. The van der Waals surface area contributed by atoms with Crippen LogP contribution in [-0.2, 0) is 14.3 Å². The van der Waals surface area contributed by atoms with Gasteiger partial charge >= 0.3 is 12.1 Å². The van der Waals surface area contributed by atoms with Crippen molar-refractivity contribution in [2.24, 2.45) is 11.8 Å². The monoisotopic (exact) mass is 348 g/mol. The molecule has 1 saturated heterocycles. The quantitative estimate of drug-likeness (QED) is 0.815. The highest BCUT2D eigenvalue weighted by molar-refractivity contribution is 5.97. The van der Waals surface area contributed by atoms with Gasteiger partial charge in [-0.2, -0.15) is 0 Å². The Bertz CT molecular complexity index is 749. The van der Waals surface area contributed by atoms with Crippen LogP contribution in [0.15, 0.2) is 30.4 Å². The summed E-state index contributed by atoms with van der Waals surface area (Å²) in [6.07, 6.45) is 3.48. The van der Waals surface area contributed by atoms with Gasteiger partial charge in [0.05, 0.1) is 24.1 Å². The van der Waals surface area contributed by atoms with Crippen LogP contribution in [0.1, 0.15) is 12.8 Å². The molecule has 2 N–H and O–H groups in total. The van der Waals surface area contributed by atoms with Crippen LogP contribution in [0.4, 0.5) is 20.6 Å². The number of carbonyl (C=O) groups is 3. The fourth-order valence-electron chi connectivity index (χ4n) is 3.01. The molecule has 1 aromatic carbocycles. The second-order valence-electron chi connectivity index (χ2n) is 5.91. The molecule has 3 rings (SSSR count). The van der Waals surface area contributed by atoms with Crippen LogP contribution in [0.5, 0.6) is 0 Å². The van der Waals surface area contributed by atoms with E-state index < -0.39 is 35.6 Å². The number of carboxylic acids is 1. The van der Waals surface area contributed by atoms with Crippen molar-refractivity contribution < 1.29 is 28.6 Å². The fraction of sp³-hybridized carbons (Fsp3) is 0.353. The van der Waals surface area contributed by atoms with Crippen LogP contribution >= 0.6 is 0 Å². The number of halogens is 1. The van der Waals surface area contributed by atoms with Gasteiger partial charge in [0, 0.05) is 5.69 Å². The first-order valence-electron chi connectivity index (χ1n) is 7.90. The summed E-state index contributed by atoms with van der Waals surface area (Å²) < 4.78 is 18.9. The summed E-state index contributed by atoms with van der Waals surface area (Å²) in [7, 11) is 0. The highest BCUT2D eigenvalue weighted by atomic mass is 19.1. The van der Waals surface area contributed by atoms with Crippen molar-refractivity contribution in [2.75, 3.05) is 23.4 Å². The van der Waals surface area contributed by atoms with E-state index in [1.165, 1.54) is 17.0 Å². The molecular formula is C17H17FN2O5. The maximum Gasteiger partial charge on any atom is 0.414 e. The molecule has 2 amide bonds. The molecule has 132 valence electrons. The van der Waals surface area contributed by atoms with Gasteiger partial charge < -0.3 is 15.2 Å². The maximum atomic E-state index is 14.1. The third-order valence-corrected chi connectivity index (χ3v) is 4.37. The number of rotatable bonds is 4. The summed E-state index contributed by atoms with van der Waals surface area (Å²) in [6, 6.07) is 3.90. The van der Waals surface area contributed by atoms with Crippen molar-refractivity contribution in [3.8, 4) is 0 Å². The lowest BCUT2D eigenvalue weighted by Crippen LogP contribution is -2.35. The molecule has 1 fully saturated rings. The van der Waals surface area contributed by atoms with Crippen molar-refractivity contribution >= 4 is 29.3 Å². The van der Waals surface area contributed by atoms with Gasteiger partial charge in [0.25, 0.3) is 0 Å². The predicted molar refractivity (Wildman–Crippen MR) is 86.7 cm³/mol. The van der Waals surface area contributed by atoms with E-state index in [1.54, 1.807) is 12.2 Å². The second kappa shape index (κ2) is 6.92. The van der Waals surface area contributed by atoms with Crippen LogP contribution in [0, 0.1) is 17.7 Å². The Hall–Kier alpha value is -2.90. The van der Waals surface area contributed by atoms with Crippen LogP contribution in [0.25, 0.3) is 0 Å². The number of aliphatic carboxylic acids is 1. The van der Waals surface area contributed by atoms with Gasteiger partial charge in [0.1, 0.15) is 12.4 Å². The van der Waals surface area contributed by atoms with Crippen LogP contribution in [0.3, 0.4) is 0 Å². The summed E-state index contributed by atoms with van der Waals surface area (Å²) in [6.45, 7) is 0.582. The van der Waals surface area contributed by atoms with E-state index in [-0.39, 0.29) is 25.1 Å². The molecule has 0 saturated carbocycles. The van der Waals surface area contributed by atoms with E-state index in [9.17, 15) is 23.9 Å². The Morgan fingerprint density at radius 1 is 1.24 bits per heavy atom. The summed E-state index contributed by atoms with van der Waals surface area (Å²) in [5.74, 6) is -3.90. The number of nitrogens with zero attached hydrogens (tertiary/aromatic N) is 1. The van der Waals surface area contributed by atoms with Gasteiger partial charge in [-0.1, -0.05) is 12.2 Å². The average molecular weight is 348 g/mol. The van der Waals surface area contributed by atoms with Gasteiger partial charge in [-0.3, -0.25) is 14.5 Å². The summed E-state index contributed by atoms with van der Waals surface area (Å²) >= 11 is 0. The van der Waals surface area contributed by atoms with Gasteiger partial charge in [-0.05, 0) is 31.0 Å². The van der Waals surface area contributed by atoms with Crippen LogP contribution < -0.4 is 10.2 Å².